The van der Waals surface area contributed by atoms with E-state index in [0.29, 0.717) is 18.1 Å². The van der Waals surface area contributed by atoms with E-state index < -0.39 is 22.3 Å². The van der Waals surface area contributed by atoms with Crippen molar-refractivity contribution in [3.8, 4) is 23.0 Å². The minimum absolute atomic E-state index is 0. The second kappa shape index (κ2) is 18.1. The van der Waals surface area contributed by atoms with Gasteiger partial charge in [-0.15, -0.1) is 10.2 Å². The number of aryl methyl sites for hydroxylation is 4. The van der Waals surface area contributed by atoms with Crippen molar-refractivity contribution in [1.82, 2.24) is 60.1 Å². The minimum Gasteiger partial charge on any atom is -0.317 e. The summed E-state index contributed by atoms with van der Waals surface area (Å²) in [6.07, 6.45) is 9.24. The number of rotatable bonds is 2. The number of aromatic nitrogens is 10. The number of hydroxylamine groups is 2. The molecule has 4 aliphatic carbocycles. The Kier molecular flexibility index (Phi) is 14.2. The van der Waals surface area contributed by atoms with Crippen LogP contribution in [0.3, 0.4) is 0 Å². The van der Waals surface area contributed by atoms with Gasteiger partial charge in [0.05, 0.1) is 18.0 Å². The van der Waals surface area contributed by atoms with E-state index in [1.54, 1.807) is 33.0 Å². The van der Waals surface area contributed by atoms with Gasteiger partial charge in [0, 0.05) is 82.9 Å². The molecule has 0 radical (unpaired) electrons. The van der Waals surface area contributed by atoms with Crippen LogP contribution in [0.2, 0.25) is 0 Å². The molecule has 0 spiro atoms. The third kappa shape index (κ3) is 7.97. The normalized spacial score (nSPS) is 25.2. The summed E-state index contributed by atoms with van der Waals surface area (Å²) in [5.74, 6) is 1.67. The van der Waals surface area contributed by atoms with Gasteiger partial charge in [-0.25, -0.2) is 32.3 Å². The summed E-state index contributed by atoms with van der Waals surface area (Å²) in [6.45, 7) is 27.2. The molecule has 5 atom stereocenters. The van der Waals surface area contributed by atoms with E-state index in [9.17, 15) is 9.59 Å². The van der Waals surface area contributed by atoms with E-state index >= 15 is 0 Å². The lowest BCUT2D eigenvalue weighted by molar-refractivity contribution is -0.137. The standard InChI is InChI=1S/C19H24N6O.C19H22N6O.2CH5NO.2CH4/c2*1-18(2)13-8-7-11-14(17-21-10-24(5)23-17)25(6)22-15(11)19(13,3)9-12(20-4)16(18)26;2*1-2-3;;/h10,12-13H,7-9H2,1-3,5-6H3;9-10,13H,7-8H2,1-3,5-6H3;2*2-3H,1H3;2*1H4/t12?,13-,19-;13-,19-;;;;/m00..../s1/i;;;;1T;. The molecule has 326 valence electrons. The number of allylic oxidation sites excluding steroid dienone is 2. The Morgan fingerprint density at radius 1 is 0.767 bits per heavy atom. The summed E-state index contributed by atoms with van der Waals surface area (Å²) in [6, 6.07) is -0.587. The topological polar surface area (TPSA) is 204 Å². The van der Waals surface area contributed by atoms with Gasteiger partial charge in [0.25, 0.3) is 6.04 Å². The molecule has 18 heteroatoms. The summed E-state index contributed by atoms with van der Waals surface area (Å²) in [5, 5.41) is 33.2. The average molecular weight is 831 g/mol. The smallest absolute Gasteiger partial charge is 0.282 e. The molecule has 4 heterocycles. The Morgan fingerprint density at radius 2 is 1.22 bits per heavy atom. The molecule has 0 amide bonds. The highest BCUT2D eigenvalue weighted by molar-refractivity contribution is 6.02. The zero-order chi connectivity index (χ0) is 45.1. The van der Waals surface area contributed by atoms with Crippen molar-refractivity contribution in [3.63, 3.8) is 0 Å². The number of Topliss-reactive ketones (excluding diaryl/α,β-unsaturated/α-hetero) is 2. The fourth-order valence-electron chi connectivity index (χ4n) is 10.3. The van der Waals surface area contributed by atoms with Gasteiger partial charge in [0.15, 0.2) is 17.4 Å². The van der Waals surface area contributed by atoms with Crippen molar-refractivity contribution in [2.75, 3.05) is 14.1 Å². The number of carbonyl (C=O) groups excluding carboxylic acids is 2. The first-order valence-electron chi connectivity index (χ1n) is 20.3. The number of nitrogens with one attached hydrogen (secondary N) is 2. The van der Waals surface area contributed by atoms with Crippen LogP contribution in [0, 0.1) is 35.8 Å². The Labute approximate surface area is 355 Å². The van der Waals surface area contributed by atoms with E-state index in [4.69, 9.17) is 35.1 Å². The molecular formula is C42H64N14O4. The molecule has 0 bridgehead atoms. The molecule has 18 nitrogen and oxygen atoms in total. The van der Waals surface area contributed by atoms with Crippen LogP contribution < -0.4 is 11.0 Å². The zero-order valence-corrected chi connectivity index (χ0v) is 36.6. The van der Waals surface area contributed by atoms with Crippen LogP contribution in [-0.4, -0.2) is 91.2 Å². The van der Waals surface area contributed by atoms with Gasteiger partial charge in [0.2, 0.25) is 11.5 Å². The lowest BCUT2D eigenvalue weighted by Crippen LogP contribution is -2.56. The Balaban J connectivity index is 0.000000275. The molecule has 0 saturated heterocycles. The van der Waals surface area contributed by atoms with E-state index in [1.807, 2.05) is 71.3 Å². The van der Waals surface area contributed by atoms with Gasteiger partial charge in [-0.1, -0.05) is 62.4 Å². The third-order valence-corrected chi connectivity index (χ3v) is 12.7. The monoisotopic (exact) mass is 831 g/mol. The predicted octanol–water partition coefficient (Wildman–Crippen LogP) is 5.23. The van der Waals surface area contributed by atoms with Crippen LogP contribution in [-0.2, 0) is 61.5 Å². The van der Waals surface area contributed by atoms with Crippen molar-refractivity contribution in [1.29, 1.82) is 0 Å². The number of carbonyl (C=O) groups is 2. The number of nitrogens with zero attached hydrogens (tertiary/aromatic N) is 12. The number of fused-ring (bicyclic) bond motifs is 6. The van der Waals surface area contributed by atoms with E-state index in [0.717, 1.165) is 54.0 Å². The molecule has 4 N–H and O–H groups in total. The maximum atomic E-state index is 12.8. The second-order valence-electron chi connectivity index (χ2n) is 17.0. The summed E-state index contributed by atoms with van der Waals surface area (Å²) < 4.78 is 12.8. The van der Waals surface area contributed by atoms with Crippen molar-refractivity contribution >= 4 is 11.6 Å². The molecule has 1 unspecified atom stereocenters. The first-order valence-corrected chi connectivity index (χ1v) is 19.3. The molecule has 1 saturated carbocycles. The molecule has 0 aliphatic heterocycles. The summed E-state index contributed by atoms with van der Waals surface area (Å²) in [5.41, 5.74) is 8.04. The molecule has 1 fully saturated rings. The summed E-state index contributed by atoms with van der Waals surface area (Å²) in [4.78, 5) is 41.6. The third-order valence-electron chi connectivity index (χ3n) is 12.7. The van der Waals surface area contributed by atoms with Gasteiger partial charge in [-0.05, 0) is 37.5 Å². The Hall–Kier alpha value is -5.40. The van der Waals surface area contributed by atoms with Gasteiger partial charge in [-0.3, -0.25) is 23.5 Å². The van der Waals surface area contributed by atoms with Gasteiger partial charge < -0.3 is 20.1 Å². The maximum absolute atomic E-state index is 12.8. The maximum Gasteiger partial charge on any atom is 0.282 e. The van der Waals surface area contributed by atoms with Crippen LogP contribution in [0.1, 0.15) is 99.5 Å². The Bertz CT molecular complexity index is 2320. The van der Waals surface area contributed by atoms with Crippen molar-refractivity contribution in [2.45, 2.75) is 105 Å². The quantitative estimate of drug-likeness (QED) is 0.152. The molecule has 60 heavy (non-hydrogen) atoms. The number of hydrogen-bond acceptors (Lipinski definition) is 12. The molecule has 4 aliphatic rings. The number of ketones is 2. The van der Waals surface area contributed by atoms with E-state index in [1.165, 1.54) is 27.1 Å². The summed E-state index contributed by atoms with van der Waals surface area (Å²) in [7, 11) is 11.6. The average Bonchev–Trinajstić information content (AvgIpc) is 3.98. The van der Waals surface area contributed by atoms with Crippen LogP contribution >= 0.6 is 0 Å². The highest BCUT2D eigenvalue weighted by Crippen LogP contribution is 2.57. The Morgan fingerprint density at radius 3 is 1.65 bits per heavy atom. The largest absolute Gasteiger partial charge is 0.317 e. The van der Waals surface area contributed by atoms with E-state index in [2.05, 4.69) is 43.7 Å². The molecule has 8 rings (SSSR count). The minimum atomic E-state index is -0.587. The van der Waals surface area contributed by atoms with Gasteiger partial charge >= 0.3 is 0 Å². The lowest BCUT2D eigenvalue weighted by Gasteiger charge is -2.51. The highest BCUT2D eigenvalue weighted by Gasteiger charge is 2.61. The highest BCUT2D eigenvalue weighted by atomic mass is 16.5. The summed E-state index contributed by atoms with van der Waals surface area (Å²) >= 11 is 0. The lowest BCUT2D eigenvalue weighted by atomic mass is 9.50. The van der Waals surface area contributed by atoms with Crippen molar-refractivity contribution in [2.24, 2.45) is 50.9 Å². The second-order valence-corrected chi connectivity index (χ2v) is 17.0. The fraction of sp³-hybridized carbons (Fsp3) is 0.619. The number of hydrogen-bond donors (Lipinski definition) is 4. The SMILES string of the molecule is C.CNO.CNO.[3H]C.[C-]#[N+]C1=C[C@]2(C)c3nn(C)c(-c4ncn(C)n4)c3CC[C@H]2C(C)(C)C1=O.[C-]#[N+]C1C[C@]2(C)c3nn(C)c(-c4ncn(C)n4)c3CC[C@H]2C(C)(C)C1=O. The van der Waals surface area contributed by atoms with E-state index in [-0.39, 0.29) is 41.9 Å². The fourth-order valence-corrected chi connectivity index (χ4v) is 10.3. The first-order chi connectivity index (χ1) is 28.2. The van der Waals surface area contributed by atoms with Crippen molar-refractivity contribution in [3.05, 3.63) is 69.8 Å². The van der Waals surface area contributed by atoms with Crippen LogP contribution in [0.25, 0.3) is 32.7 Å². The molecular weight excluding hydrogens is 765 g/mol. The van der Waals surface area contributed by atoms with Crippen LogP contribution in [0.5, 0.6) is 0 Å². The van der Waals surface area contributed by atoms with Crippen LogP contribution in [0.4, 0.5) is 0 Å². The molecule has 0 aromatic carbocycles. The van der Waals surface area contributed by atoms with Gasteiger partial charge in [0.1, 0.15) is 24.0 Å². The van der Waals surface area contributed by atoms with Gasteiger partial charge in [-0.2, -0.15) is 10.2 Å². The first kappa shape index (κ1) is 47.3. The zero-order valence-electron chi connectivity index (χ0n) is 37.6. The van der Waals surface area contributed by atoms with Crippen molar-refractivity contribution < 1.29 is 21.4 Å². The van der Waals surface area contributed by atoms with Crippen LogP contribution in [0.15, 0.2) is 24.4 Å². The molecule has 4 aromatic rings. The predicted molar refractivity (Wildman–Crippen MR) is 227 cm³/mol. The molecule has 4 aromatic heterocycles.